The first kappa shape index (κ1) is 12.3. The van der Waals surface area contributed by atoms with Crippen molar-refractivity contribution in [1.29, 1.82) is 0 Å². The molecule has 0 aliphatic carbocycles. The van der Waals surface area contributed by atoms with E-state index in [9.17, 15) is 0 Å². The Kier molecular flexibility index (Phi) is 6.38. The van der Waals surface area contributed by atoms with Crippen molar-refractivity contribution in [2.45, 2.75) is 40.5 Å². The summed E-state index contributed by atoms with van der Waals surface area (Å²) < 4.78 is 0. The fourth-order valence-corrected chi connectivity index (χ4v) is 1.20. The number of nitrogens with zero attached hydrogens (tertiary/aromatic N) is 1. The Balaban J connectivity index is 4.41. The zero-order valence-electron chi connectivity index (χ0n) is 9.72. The maximum Gasteiger partial charge on any atom is 0.0143 e. The molecule has 76 valence electrons. The molecule has 1 nitrogen and oxygen atoms in total. The van der Waals surface area contributed by atoms with Crippen LogP contribution in [0.2, 0.25) is 0 Å². The summed E-state index contributed by atoms with van der Waals surface area (Å²) in [5.74, 6) is 0. The molecule has 0 fully saturated rings. The standard InChI is InChI=1S/C12H23N/c1-6-9-12(7-2)10-11(4)13(5)8-3/h9-10H,6-8H2,1-5H3/b11-10+,12-9-. The Morgan fingerprint density at radius 2 is 1.85 bits per heavy atom. The van der Waals surface area contributed by atoms with Crippen molar-refractivity contribution < 1.29 is 0 Å². The molecule has 0 N–H and O–H groups in total. The molecule has 0 aromatic heterocycles. The van der Waals surface area contributed by atoms with E-state index in [1.54, 1.807) is 0 Å². The van der Waals surface area contributed by atoms with Gasteiger partial charge in [-0.2, -0.15) is 0 Å². The smallest absolute Gasteiger partial charge is 0.0143 e. The molecule has 0 saturated carbocycles. The molecule has 0 bridgehead atoms. The van der Waals surface area contributed by atoms with Gasteiger partial charge in [0, 0.05) is 19.3 Å². The summed E-state index contributed by atoms with van der Waals surface area (Å²) >= 11 is 0. The first-order valence-corrected chi connectivity index (χ1v) is 5.24. The van der Waals surface area contributed by atoms with Crippen LogP contribution < -0.4 is 0 Å². The first-order chi connectivity index (χ1) is 6.15. The Morgan fingerprint density at radius 3 is 2.23 bits per heavy atom. The minimum absolute atomic E-state index is 1.07. The van der Waals surface area contributed by atoms with Gasteiger partial charge in [0.1, 0.15) is 0 Å². The second kappa shape index (κ2) is 6.76. The van der Waals surface area contributed by atoms with Gasteiger partial charge in [0.2, 0.25) is 0 Å². The summed E-state index contributed by atoms with van der Waals surface area (Å²) in [5.41, 5.74) is 2.80. The highest BCUT2D eigenvalue weighted by molar-refractivity contribution is 5.21. The van der Waals surface area contributed by atoms with Crippen molar-refractivity contribution >= 4 is 0 Å². The van der Waals surface area contributed by atoms with Crippen LogP contribution in [0.3, 0.4) is 0 Å². The second-order valence-corrected chi connectivity index (χ2v) is 3.34. The van der Waals surface area contributed by atoms with Crippen LogP contribution in [0.4, 0.5) is 0 Å². The Hall–Kier alpha value is -0.720. The first-order valence-electron chi connectivity index (χ1n) is 5.24. The molecule has 0 radical (unpaired) electrons. The van der Waals surface area contributed by atoms with E-state index in [4.69, 9.17) is 0 Å². The lowest BCUT2D eigenvalue weighted by Crippen LogP contribution is -2.14. The monoisotopic (exact) mass is 181 g/mol. The summed E-state index contributed by atoms with van der Waals surface area (Å²) in [4.78, 5) is 2.26. The molecule has 0 saturated heterocycles. The molecule has 13 heavy (non-hydrogen) atoms. The van der Waals surface area contributed by atoms with Gasteiger partial charge in [-0.3, -0.25) is 0 Å². The van der Waals surface area contributed by atoms with Crippen molar-refractivity contribution in [2.75, 3.05) is 13.6 Å². The average molecular weight is 181 g/mol. The molecule has 0 atom stereocenters. The fraction of sp³-hybridized carbons (Fsp3) is 0.667. The normalized spacial score (nSPS) is 13.3. The van der Waals surface area contributed by atoms with Crippen LogP contribution in [0.25, 0.3) is 0 Å². The summed E-state index contributed by atoms with van der Waals surface area (Å²) in [7, 11) is 2.13. The van der Waals surface area contributed by atoms with Crippen LogP contribution in [0.5, 0.6) is 0 Å². The minimum Gasteiger partial charge on any atom is -0.378 e. The van der Waals surface area contributed by atoms with E-state index in [2.05, 4.69) is 51.8 Å². The van der Waals surface area contributed by atoms with Gasteiger partial charge in [-0.1, -0.05) is 25.5 Å². The van der Waals surface area contributed by atoms with Gasteiger partial charge in [0.15, 0.2) is 0 Å². The van der Waals surface area contributed by atoms with E-state index >= 15 is 0 Å². The molecule has 0 spiro atoms. The van der Waals surface area contributed by atoms with Crippen molar-refractivity contribution in [1.82, 2.24) is 4.90 Å². The van der Waals surface area contributed by atoms with Gasteiger partial charge in [-0.25, -0.2) is 0 Å². The molecular formula is C12H23N. The van der Waals surface area contributed by atoms with Gasteiger partial charge >= 0.3 is 0 Å². The van der Waals surface area contributed by atoms with Gasteiger partial charge in [0.25, 0.3) is 0 Å². The maximum absolute atomic E-state index is 2.30. The summed E-state index contributed by atoms with van der Waals surface area (Å²) in [6, 6.07) is 0. The van der Waals surface area contributed by atoms with Crippen molar-refractivity contribution in [3.8, 4) is 0 Å². The van der Waals surface area contributed by atoms with Crippen molar-refractivity contribution in [2.24, 2.45) is 0 Å². The van der Waals surface area contributed by atoms with E-state index in [0.717, 1.165) is 19.4 Å². The molecular weight excluding hydrogens is 158 g/mol. The third kappa shape index (κ3) is 4.76. The van der Waals surface area contributed by atoms with Crippen LogP contribution in [0, 0.1) is 0 Å². The minimum atomic E-state index is 1.07. The third-order valence-electron chi connectivity index (χ3n) is 2.35. The summed E-state index contributed by atoms with van der Waals surface area (Å²) in [5, 5.41) is 0. The van der Waals surface area contributed by atoms with Gasteiger partial charge < -0.3 is 4.90 Å². The SMILES string of the molecule is CC/C=C(\C=C(/C)N(C)CC)CC. The highest BCUT2D eigenvalue weighted by Gasteiger charge is 1.96. The van der Waals surface area contributed by atoms with Gasteiger partial charge in [-0.15, -0.1) is 0 Å². The molecule has 1 heteroatoms. The fourth-order valence-electron chi connectivity index (χ4n) is 1.20. The molecule has 0 aromatic carbocycles. The van der Waals surface area contributed by atoms with Crippen LogP contribution in [0.15, 0.2) is 23.4 Å². The number of hydrogen-bond donors (Lipinski definition) is 0. The average Bonchev–Trinajstić information content (AvgIpc) is 2.15. The van der Waals surface area contributed by atoms with Crippen LogP contribution in [0.1, 0.15) is 40.5 Å². The second-order valence-electron chi connectivity index (χ2n) is 3.34. The van der Waals surface area contributed by atoms with Gasteiger partial charge in [0.05, 0.1) is 0 Å². The largest absolute Gasteiger partial charge is 0.378 e. The van der Waals surface area contributed by atoms with Crippen LogP contribution in [-0.4, -0.2) is 18.5 Å². The summed E-state index contributed by atoms with van der Waals surface area (Å²) in [6.45, 7) is 9.81. The number of rotatable bonds is 5. The highest BCUT2D eigenvalue weighted by Crippen LogP contribution is 2.09. The Morgan fingerprint density at radius 1 is 1.23 bits per heavy atom. The molecule has 0 amide bonds. The quantitative estimate of drug-likeness (QED) is 0.586. The highest BCUT2D eigenvalue weighted by atomic mass is 15.1. The lowest BCUT2D eigenvalue weighted by molar-refractivity contribution is 0.442. The molecule has 0 unspecified atom stereocenters. The van der Waals surface area contributed by atoms with E-state index in [1.807, 2.05) is 0 Å². The number of allylic oxidation sites excluding steroid dienone is 4. The lowest BCUT2D eigenvalue weighted by Gasteiger charge is -2.17. The predicted octanol–water partition coefficient (Wildman–Crippen LogP) is 3.59. The van der Waals surface area contributed by atoms with E-state index in [1.165, 1.54) is 11.3 Å². The Bertz CT molecular complexity index is 189. The topological polar surface area (TPSA) is 3.24 Å². The summed E-state index contributed by atoms with van der Waals surface area (Å²) in [6.07, 6.45) is 6.84. The van der Waals surface area contributed by atoms with Crippen LogP contribution >= 0.6 is 0 Å². The molecule has 0 aliphatic rings. The zero-order chi connectivity index (χ0) is 10.3. The van der Waals surface area contributed by atoms with Crippen LogP contribution in [-0.2, 0) is 0 Å². The lowest BCUT2D eigenvalue weighted by atomic mass is 10.1. The van der Waals surface area contributed by atoms with Crippen molar-refractivity contribution in [3.63, 3.8) is 0 Å². The van der Waals surface area contributed by atoms with E-state index in [0.29, 0.717) is 0 Å². The molecule has 0 aromatic rings. The molecule has 0 heterocycles. The molecule has 0 aliphatic heterocycles. The van der Waals surface area contributed by atoms with Crippen molar-refractivity contribution in [3.05, 3.63) is 23.4 Å². The van der Waals surface area contributed by atoms with E-state index < -0.39 is 0 Å². The predicted molar refractivity (Wildman–Crippen MR) is 60.7 cm³/mol. The Labute approximate surface area is 83.1 Å². The van der Waals surface area contributed by atoms with Gasteiger partial charge in [-0.05, 0) is 32.8 Å². The maximum atomic E-state index is 2.30. The van der Waals surface area contributed by atoms with E-state index in [-0.39, 0.29) is 0 Å². The third-order valence-corrected chi connectivity index (χ3v) is 2.35. The number of hydrogen-bond acceptors (Lipinski definition) is 1. The molecule has 0 rings (SSSR count). The zero-order valence-corrected chi connectivity index (χ0v) is 9.72.